The van der Waals surface area contributed by atoms with Gasteiger partial charge in [-0.2, -0.15) is 0 Å². The lowest BCUT2D eigenvalue weighted by Crippen LogP contribution is -2.35. The molecule has 1 rings (SSSR count). The third-order valence-electron chi connectivity index (χ3n) is 2.73. The van der Waals surface area contributed by atoms with Crippen LogP contribution in [0.25, 0.3) is 0 Å². The monoisotopic (exact) mass is 250 g/mol. The molecular weight excluding hydrogens is 228 g/mol. The van der Waals surface area contributed by atoms with Gasteiger partial charge in [0.15, 0.2) is 0 Å². The van der Waals surface area contributed by atoms with Crippen LogP contribution in [0.1, 0.15) is 30.9 Å². The first kappa shape index (κ1) is 14.7. The molecule has 1 aromatic rings. The van der Waals surface area contributed by atoms with Gasteiger partial charge in [0.05, 0.1) is 6.42 Å². The van der Waals surface area contributed by atoms with Gasteiger partial charge in [-0.25, -0.2) is 0 Å². The summed E-state index contributed by atoms with van der Waals surface area (Å²) in [5.74, 6) is -0.854. The Bertz CT molecular complexity index is 363. The largest absolute Gasteiger partial charge is 0.481 e. The minimum atomic E-state index is -0.854. The summed E-state index contributed by atoms with van der Waals surface area (Å²) in [5, 5.41) is 11.7. The number of aryl methyl sites for hydroxylation is 1. The number of hydrogen-bond acceptors (Lipinski definition) is 3. The fourth-order valence-corrected chi connectivity index (χ4v) is 1.81. The van der Waals surface area contributed by atoms with Crippen LogP contribution in [0, 0.1) is 0 Å². The second-order valence-electron chi connectivity index (χ2n) is 4.56. The van der Waals surface area contributed by atoms with Crippen molar-refractivity contribution in [1.82, 2.24) is 5.32 Å². The van der Waals surface area contributed by atoms with Crippen LogP contribution in [-0.4, -0.2) is 23.7 Å². The van der Waals surface area contributed by atoms with E-state index >= 15 is 0 Å². The molecule has 4 N–H and O–H groups in total. The Morgan fingerprint density at radius 1 is 1.33 bits per heavy atom. The molecule has 1 unspecified atom stereocenters. The van der Waals surface area contributed by atoms with Gasteiger partial charge in [0.2, 0.25) is 0 Å². The highest BCUT2D eigenvalue weighted by Crippen LogP contribution is 2.06. The van der Waals surface area contributed by atoms with Crippen molar-refractivity contribution in [2.24, 2.45) is 5.73 Å². The second kappa shape index (κ2) is 7.84. The van der Waals surface area contributed by atoms with E-state index in [-0.39, 0.29) is 12.5 Å². The van der Waals surface area contributed by atoms with Crippen LogP contribution in [0.15, 0.2) is 24.3 Å². The van der Waals surface area contributed by atoms with Crippen molar-refractivity contribution < 1.29 is 9.90 Å². The van der Waals surface area contributed by atoms with Crippen LogP contribution in [0.4, 0.5) is 0 Å². The minimum Gasteiger partial charge on any atom is -0.481 e. The number of carbonyl (C=O) groups is 1. The third-order valence-corrected chi connectivity index (χ3v) is 2.73. The number of carboxylic acid groups (broad SMARTS) is 1. The number of nitrogens with two attached hydrogens (primary N) is 1. The zero-order valence-electron chi connectivity index (χ0n) is 10.9. The minimum absolute atomic E-state index is 0.00242. The summed E-state index contributed by atoms with van der Waals surface area (Å²) in [5.41, 5.74) is 8.20. The van der Waals surface area contributed by atoms with Gasteiger partial charge in [0.1, 0.15) is 0 Å². The van der Waals surface area contributed by atoms with E-state index < -0.39 is 5.97 Å². The highest BCUT2D eigenvalue weighted by atomic mass is 16.4. The lowest BCUT2D eigenvalue weighted by Gasteiger charge is -2.10. The van der Waals surface area contributed by atoms with Crippen molar-refractivity contribution in [2.45, 2.75) is 38.8 Å². The average Bonchev–Trinajstić information content (AvgIpc) is 2.31. The molecule has 4 heteroatoms. The molecule has 100 valence electrons. The molecule has 4 nitrogen and oxygen atoms in total. The van der Waals surface area contributed by atoms with Gasteiger partial charge in [-0.05, 0) is 17.5 Å². The Balaban J connectivity index is 2.28. The molecule has 0 aromatic heterocycles. The Morgan fingerprint density at radius 3 is 2.50 bits per heavy atom. The van der Waals surface area contributed by atoms with Crippen molar-refractivity contribution in [1.29, 1.82) is 0 Å². The van der Waals surface area contributed by atoms with Crippen LogP contribution < -0.4 is 11.1 Å². The molecule has 1 atom stereocenters. The summed E-state index contributed by atoms with van der Waals surface area (Å²) in [4.78, 5) is 10.4. The quantitative estimate of drug-likeness (QED) is 0.654. The Labute approximate surface area is 108 Å². The number of aliphatic carboxylic acids is 1. The Kier molecular flexibility index (Phi) is 6.39. The summed E-state index contributed by atoms with van der Waals surface area (Å²) in [6.45, 7) is 3.40. The maximum atomic E-state index is 10.4. The predicted molar refractivity (Wildman–Crippen MR) is 72.4 cm³/mol. The normalized spacial score (nSPS) is 12.3. The van der Waals surface area contributed by atoms with Crippen LogP contribution in [0.2, 0.25) is 0 Å². The molecule has 0 fully saturated rings. The zero-order valence-corrected chi connectivity index (χ0v) is 10.9. The summed E-state index contributed by atoms with van der Waals surface area (Å²) >= 11 is 0. The van der Waals surface area contributed by atoms with E-state index in [9.17, 15) is 4.79 Å². The van der Waals surface area contributed by atoms with E-state index in [4.69, 9.17) is 10.8 Å². The predicted octanol–water partition coefficient (Wildman–Crippen LogP) is 1.53. The molecule has 0 saturated heterocycles. The molecule has 0 aliphatic carbocycles. The van der Waals surface area contributed by atoms with Crippen molar-refractivity contribution in [3.63, 3.8) is 0 Å². The standard InChI is InChI=1S/C14H22N2O2/c1-2-3-11-4-6-12(7-5-11)9-16-10-13(15)8-14(17)18/h4-7,13,16H,2-3,8-10,15H2,1H3,(H,17,18). The van der Waals surface area contributed by atoms with Gasteiger partial charge in [0.25, 0.3) is 0 Å². The molecule has 1 aromatic carbocycles. The second-order valence-corrected chi connectivity index (χ2v) is 4.56. The first-order valence-electron chi connectivity index (χ1n) is 6.37. The smallest absolute Gasteiger partial charge is 0.304 e. The molecule has 0 aliphatic heterocycles. The molecular formula is C14H22N2O2. The van der Waals surface area contributed by atoms with E-state index in [0.717, 1.165) is 19.4 Å². The van der Waals surface area contributed by atoms with Crippen molar-refractivity contribution >= 4 is 5.97 Å². The molecule has 0 bridgehead atoms. The fraction of sp³-hybridized carbons (Fsp3) is 0.500. The van der Waals surface area contributed by atoms with Gasteiger partial charge in [0, 0.05) is 19.1 Å². The molecule has 0 amide bonds. The van der Waals surface area contributed by atoms with Gasteiger partial charge >= 0.3 is 5.97 Å². The lowest BCUT2D eigenvalue weighted by atomic mass is 10.1. The van der Waals surface area contributed by atoms with E-state index in [1.54, 1.807) is 0 Å². The first-order valence-corrected chi connectivity index (χ1v) is 6.37. The summed E-state index contributed by atoms with van der Waals surface area (Å²) in [6, 6.07) is 8.14. The van der Waals surface area contributed by atoms with Crippen LogP contribution in [0.3, 0.4) is 0 Å². The Hall–Kier alpha value is -1.39. The van der Waals surface area contributed by atoms with E-state index in [2.05, 4.69) is 36.5 Å². The molecule has 18 heavy (non-hydrogen) atoms. The molecule has 0 spiro atoms. The Morgan fingerprint density at radius 2 is 1.94 bits per heavy atom. The molecule has 0 radical (unpaired) electrons. The van der Waals surface area contributed by atoms with E-state index in [0.29, 0.717) is 6.54 Å². The number of hydrogen-bond donors (Lipinski definition) is 3. The zero-order chi connectivity index (χ0) is 13.4. The maximum absolute atomic E-state index is 10.4. The van der Waals surface area contributed by atoms with Crippen molar-refractivity contribution in [3.8, 4) is 0 Å². The summed E-state index contributed by atoms with van der Waals surface area (Å²) < 4.78 is 0. The van der Waals surface area contributed by atoms with Crippen LogP contribution in [-0.2, 0) is 17.8 Å². The SMILES string of the molecule is CCCc1ccc(CNCC(N)CC(=O)O)cc1. The number of nitrogens with one attached hydrogen (secondary N) is 1. The van der Waals surface area contributed by atoms with Gasteiger partial charge < -0.3 is 16.2 Å². The van der Waals surface area contributed by atoms with Gasteiger partial charge in [-0.15, -0.1) is 0 Å². The average molecular weight is 250 g/mol. The summed E-state index contributed by atoms with van der Waals surface area (Å²) in [7, 11) is 0. The topological polar surface area (TPSA) is 75.3 Å². The van der Waals surface area contributed by atoms with Crippen molar-refractivity contribution in [3.05, 3.63) is 35.4 Å². The van der Waals surface area contributed by atoms with E-state index in [1.807, 2.05) is 0 Å². The fourth-order valence-electron chi connectivity index (χ4n) is 1.81. The van der Waals surface area contributed by atoms with Crippen LogP contribution in [0.5, 0.6) is 0 Å². The van der Waals surface area contributed by atoms with Gasteiger partial charge in [-0.3, -0.25) is 4.79 Å². The maximum Gasteiger partial charge on any atom is 0.304 e. The summed E-state index contributed by atoms with van der Waals surface area (Å²) in [6.07, 6.45) is 2.27. The molecule has 0 saturated carbocycles. The van der Waals surface area contributed by atoms with Crippen LogP contribution >= 0.6 is 0 Å². The number of rotatable bonds is 8. The van der Waals surface area contributed by atoms with Gasteiger partial charge in [-0.1, -0.05) is 37.6 Å². The molecule has 0 heterocycles. The first-order chi connectivity index (χ1) is 8.61. The number of benzene rings is 1. The highest BCUT2D eigenvalue weighted by Gasteiger charge is 2.06. The third kappa shape index (κ3) is 5.80. The number of carboxylic acids is 1. The van der Waals surface area contributed by atoms with E-state index in [1.165, 1.54) is 11.1 Å². The lowest BCUT2D eigenvalue weighted by molar-refractivity contribution is -0.137. The van der Waals surface area contributed by atoms with Crippen molar-refractivity contribution in [2.75, 3.05) is 6.54 Å². The highest BCUT2D eigenvalue weighted by molar-refractivity contribution is 5.67. The molecule has 0 aliphatic rings.